The van der Waals surface area contributed by atoms with E-state index in [1.54, 1.807) is 10.7 Å². The Hall–Kier alpha value is -2.95. The quantitative estimate of drug-likeness (QED) is 0.578. The molecule has 5 heteroatoms. The number of hydrogen-bond acceptors (Lipinski definition) is 4. The molecule has 0 spiro atoms. The second-order valence-corrected chi connectivity index (χ2v) is 5.66. The molecule has 4 rings (SSSR count). The monoisotopic (exact) mass is 304 g/mol. The molecule has 0 bridgehead atoms. The Kier molecular flexibility index (Phi) is 3.19. The van der Waals surface area contributed by atoms with Crippen molar-refractivity contribution in [2.75, 3.05) is 0 Å². The van der Waals surface area contributed by atoms with Gasteiger partial charge in [0, 0.05) is 17.1 Å². The number of hydrogen-bond donors (Lipinski definition) is 0. The lowest BCUT2D eigenvalue weighted by atomic mass is 10.0. The van der Waals surface area contributed by atoms with Gasteiger partial charge in [0.15, 0.2) is 11.4 Å². The highest BCUT2D eigenvalue weighted by Gasteiger charge is 2.12. The Morgan fingerprint density at radius 1 is 1.00 bits per heavy atom. The molecule has 114 valence electrons. The molecule has 3 heterocycles. The minimum absolute atomic E-state index is 0.105. The standard InChI is InChI=1S/C18H16N4O/c1-12(2)23-13-9-20-18-16(10-21-22(18)11-13)14-7-8-19-17-6-4-3-5-15(14)17/h3-12H,1-2H3. The number of nitrogens with zero attached hydrogens (tertiary/aromatic N) is 4. The van der Waals surface area contributed by atoms with E-state index in [-0.39, 0.29) is 6.10 Å². The van der Waals surface area contributed by atoms with Crippen LogP contribution >= 0.6 is 0 Å². The summed E-state index contributed by atoms with van der Waals surface area (Å²) in [6.45, 7) is 3.98. The van der Waals surface area contributed by atoms with E-state index in [0.29, 0.717) is 5.75 Å². The summed E-state index contributed by atoms with van der Waals surface area (Å²) in [4.78, 5) is 8.94. The van der Waals surface area contributed by atoms with Gasteiger partial charge in [0.05, 0.1) is 30.2 Å². The number of aromatic nitrogens is 4. The number of fused-ring (bicyclic) bond motifs is 2. The van der Waals surface area contributed by atoms with Gasteiger partial charge in [-0.25, -0.2) is 9.50 Å². The molecule has 0 aliphatic carbocycles. The SMILES string of the molecule is CC(C)Oc1cnc2c(-c3ccnc4ccccc34)cnn2c1. The number of pyridine rings is 1. The van der Waals surface area contributed by atoms with E-state index in [9.17, 15) is 0 Å². The lowest BCUT2D eigenvalue weighted by molar-refractivity contribution is 0.240. The Labute approximate surface area is 133 Å². The van der Waals surface area contributed by atoms with Crippen molar-refractivity contribution in [1.82, 2.24) is 19.6 Å². The normalized spacial score (nSPS) is 11.4. The number of para-hydroxylation sites is 1. The maximum atomic E-state index is 5.67. The smallest absolute Gasteiger partial charge is 0.163 e. The van der Waals surface area contributed by atoms with Crippen LogP contribution in [-0.4, -0.2) is 25.7 Å². The first kappa shape index (κ1) is 13.7. The third kappa shape index (κ3) is 2.40. The molecule has 0 saturated heterocycles. The maximum absolute atomic E-state index is 5.67. The van der Waals surface area contributed by atoms with Gasteiger partial charge < -0.3 is 4.74 Å². The van der Waals surface area contributed by atoms with E-state index in [4.69, 9.17) is 4.74 Å². The molecule has 0 atom stereocenters. The molecule has 3 aromatic heterocycles. The highest BCUT2D eigenvalue weighted by molar-refractivity contribution is 5.97. The Bertz CT molecular complexity index is 985. The summed E-state index contributed by atoms with van der Waals surface area (Å²) in [5, 5.41) is 5.52. The molecule has 4 aromatic rings. The van der Waals surface area contributed by atoms with Crippen molar-refractivity contribution in [2.24, 2.45) is 0 Å². The second kappa shape index (κ2) is 5.35. The van der Waals surface area contributed by atoms with Crippen LogP contribution in [0.25, 0.3) is 27.7 Å². The fraction of sp³-hybridized carbons (Fsp3) is 0.167. The number of rotatable bonds is 3. The molecule has 0 amide bonds. The van der Waals surface area contributed by atoms with Crippen molar-refractivity contribution < 1.29 is 4.74 Å². The van der Waals surface area contributed by atoms with Crippen LogP contribution in [0.3, 0.4) is 0 Å². The molecule has 0 unspecified atom stereocenters. The summed E-state index contributed by atoms with van der Waals surface area (Å²) >= 11 is 0. The Balaban J connectivity index is 1.88. The van der Waals surface area contributed by atoms with Gasteiger partial charge in [-0.1, -0.05) is 18.2 Å². The average molecular weight is 304 g/mol. The molecular formula is C18H16N4O. The fourth-order valence-electron chi connectivity index (χ4n) is 2.71. The minimum atomic E-state index is 0.105. The summed E-state index contributed by atoms with van der Waals surface area (Å²) in [5.74, 6) is 0.710. The van der Waals surface area contributed by atoms with E-state index in [1.807, 2.05) is 56.7 Å². The topological polar surface area (TPSA) is 52.3 Å². The first-order valence-electron chi connectivity index (χ1n) is 7.56. The van der Waals surface area contributed by atoms with Gasteiger partial charge >= 0.3 is 0 Å². The third-order valence-electron chi connectivity index (χ3n) is 3.64. The zero-order chi connectivity index (χ0) is 15.8. The zero-order valence-electron chi connectivity index (χ0n) is 13.0. The number of ether oxygens (including phenoxy) is 1. The van der Waals surface area contributed by atoms with Crippen molar-refractivity contribution in [3.63, 3.8) is 0 Å². The first-order valence-corrected chi connectivity index (χ1v) is 7.56. The minimum Gasteiger partial charge on any atom is -0.488 e. The molecule has 5 nitrogen and oxygen atoms in total. The lowest BCUT2D eigenvalue weighted by Crippen LogP contribution is -2.06. The van der Waals surface area contributed by atoms with Gasteiger partial charge in [-0.2, -0.15) is 5.10 Å². The van der Waals surface area contributed by atoms with Crippen LogP contribution in [0.4, 0.5) is 0 Å². The van der Waals surface area contributed by atoms with Crippen LogP contribution in [-0.2, 0) is 0 Å². The van der Waals surface area contributed by atoms with Gasteiger partial charge in [-0.3, -0.25) is 4.98 Å². The Morgan fingerprint density at radius 3 is 2.74 bits per heavy atom. The summed E-state index contributed by atoms with van der Waals surface area (Å²) in [7, 11) is 0. The van der Waals surface area contributed by atoms with Crippen molar-refractivity contribution in [2.45, 2.75) is 20.0 Å². The zero-order valence-corrected chi connectivity index (χ0v) is 13.0. The van der Waals surface area contributed by atoms with E-state index in [2.05, 4.69) is 21.1 Å². The summed E-state index contributed by atoms with van der Waals surface area (Å²) in [6.07, 6.45) is 7.35. The molecule has 1 aromatic carbocycles. The molecule has 0 aliphatic rings. The van der Waals surface area contributed by atoms with Crippen molar-refractivity contribution in [1.29, 1.82) is 0 Å². The summed E-state index contributed by atoms with van der Waals surface area (Å²) < 4.78 is 7.43. The predicted octanol–water partition coefficient (Wildman–Crippen LogP) is 3.73. The van der Waals surface area contributed by atoms with Gasteiger partial charge in [0.25, 0.3) is 0 Å². The molecule has 0 N–H and O–H groups in total. The first-order chi connectivity index (χ1) is 11.2. The molecule has 0 aliphatic heterocycles. The maximum Gasteiger partial charge on any atom is 0.163 e. The molecule has 0 radical (unpaired) electrons. The Morgan fingerprint density at radius 2 is 1.87 bits per heavy atom. The molecule has 23 heavy (non-hydrogen) atoms. The summed E-state index contributed by atoms with van der Waals surface area (Å²) in [6, 6.07) is 10.1. The van der Waals surface area contributed by atoms with Gasteiger partial charge in [0.2, 0.25) is 0 Å². The van der Waals surface area contributed by atoms with Crippen LogP contribution in [0.1, 0.15) is 13.8 Å². The van der Waals surface area contributed by atoms with E-state index < -0.39 is 0 Å². The van der Waals surface area contributed by atoms with Crippen molar-refractivity contribution >= 4 is 16.6 Å². The lowest BCUT2D eigenvalue weighted by Gasteiger charge is -2.09. The van der Waals surface area contributed by atoms with Crippen molar-refractivity contribution in [3.05, 3.63) is 55.1 Å². The molecule has 0 saturated carbocycles. The van der Waals surface area contributed by atoms with Crippen molar-refractivity contribution in [3.8, 4) is 16.9 Å². The van der Waals surface area contributed by atoms with Crippen LogP contribution in [0.15, 0.2) is 55.1 Å². The second-order valence-electron chi connectivity index (χ2n) is 5.66. The van der Waals surface area contributed by atoms with Crippen LogP contribution < -0.4 is 4.74 Å². The highest BCUT2D eigenvalue weighted by Crippen LogP contribution is 2.30. The van der Waals surface area contributed by atoms with Crippen LogP contribution in [0.2, 0.25) is 0 Å². The van der Waals surface area contributed by atoms with Crippen LogP contribution in [0.5, 0.6) is 5.75 Å². The third-order valence-corrected chi connectivity index (χ3v) is 3.64. The van der Waals surface area contributed by atoms with E-state index in [1.165, 1.54) is 0 Å². The predicted molar refractivity (Wildman–Crippen MR) is 89.5 cm³/mol. The van der Waals surface area contributed by atoms with E-state index >= 15 is 0 Å². The average Bonchev–Trinajstić information content (AvgIpc) is 2.96. The fourth-order valence-corrected chi connectivity index (χ4v) is 2.71. The largest absolute Gasteiger partial charge is 0.488 e. The van der Waals surface area contributed by atoms with Gasteiger partial charge in [-0.15, -0.1) is 0 Å². The van der Waals surface area contributed by atoms with Gasteiger partial charge in [0.1, 0.15) is 0 Å². The van der Waals surface area contributed by atoms with Crippen LogP contribution in [0, 0.1) is 0 Å². The molecule has 0 fully saturated rings. The van der Waals surface area contributed by atoms with E-state index in [0.717, 1.165) is 27.7 Å². The summed E-state index contributed by atoms with van der Waals surface area (Å²) in [5.41, 5.74) is 3.83. The van der Waals surface area contributed by atoms with Gasteiger partial charge in [-0.05, 0) is 31.5 Å². The highest BCUT2D eigenvalue weighted by atomic mass is 16.5. The molecular weight excluding hydrogens is 288 g/mol. The number of benzene rings is 1.